The van der Waals surface area contributed by atoms with Crippen molar-refractivity contribution < 1.29 is 0 Å². The van der Waals surface area contributed by atoms with Gasteiger partial charge < -0.3 is 4.57 Å². The molecule has 0 aromatic carbocycles. The van der Waals surface area contributed by atoms with Gasteiger partial charge in [-0.15, -0.1) is 0 Å². The maximum absolute atomic E-state index is 4.80. The lowest BCUT2D eigenvalue weighted by Crippen LogP contribution is -2.38. The highest BCUT2D eigenvalue weighted by atomic mass is 15.2. The van der Waals surface area contributed by atoms with Crippen molar-refractivity contribution >= 4 is 0 Å². The molecular formula is C24H31N5. The van der Waals surface area contributed by atoms with Crippen molar-refractivity contribution in [1.82, 2.24) is 24.4 Å². The molecule has 0 unspecified atom stereocenters. The Kier molecular flexibility index (Phi) is 6.35. The molecule has 29 heavy (non-hydrogen) atoms. The number of hydrogen-bond acceptors (Lipinski definition) is 4. The summed E-state index contributed by atoms with van der Waals surface area (Å²) in [6, 6.07) is 9.19. The van der Waals surface area contributed by atoms with E-state index in [9.17, 15) is 0 Å². The second-order valence-electron chi connectivity index (χ2n) is 8.12. The van der Waals surface area contributed by atoms with Gasteiger partial charge in [0.15, 0.2) is 0 Å². The van der Waals surface area contributed by atoms with E-state index >= 15 is 0 Å². The van der Waals surface area contributed by atoms with Gasteiger partial charge in [-0.2, -0.15) is 0 Å². The summed E-state index contributed by atoms with van der Waals surface area (Å²) in [4.78, 5) is 16.4. The van der Waals surface area contributed by atoms with Crippen LogP contribution < -0.4 is 0 Å². The molecule has 0 radical (unpaired) electrons. The van der Waals surface area contributed by atoms with Crippen LogP contribution in [0.1, 0.15) is 66.7 Å². The largest absolute Gasteiger partial charge is 0.337 e. The average Bonchev–Trinajstić information content (AvgIpc) is 3.26. The minimum absolute atomic E-state index is 0.365. The van der Waals surface area contributed by atoms with Gasteiger partial charge in [-0.05, 0) is 75.8 Å². The molecule has 0 spiro atoms. The van der Waals surface area contributed by atoms with E-state index in [0.29, 0.717) is 12.1 Å². The molecule has 0 bridgehead atoms. The number of imidazole rings is 1. The summed E-state index contributed by atoms with van der Waals surface area (Å²) < 4.78 is 2.16. The Morgan fingerprint density at radius 2 is 1.48 bits per heavy atom. The number of likely N-dealkylation sites (tertiary alicyclic amines) is 1. The molecule has 1 aliphatic heterocycles. The first-order valence-corrected chi connectivity index (χ1v) is 10.8. The predicted octanol–water partition coefficient (Wildman–Crippen LogP) is 5.04. The molecule has 4 rings (SSSR count). The Hall–Kier alpha value is -2.53. The molecule has 152 valence electrons. The third-order valence-corrected chi connectivity index (χ3v) is 6.13. The van der Waals surface area contributed by atoms with Gasteiger partial charge in [0.25, 0.3) is 0 Å². The van der Waals surface area contributed by atoms with Gasteiger partial charge in [-0.3, -0.25) is 14.9 Å². The number of pyridine rings is 2. The summed E-state index contributed by atoms with van der Waals surface area (Å²) in [5, 5.41) is 0. The minimum atomic E-state index is 0.365. The lowest BCUT2D eigenvalue weighted by atomic mass is 9.88. The zero-order chi connectivity index (χ0) is 20.1. The third-order valence-electron chi connectivity index (χ3n) is 6.13. The van der Waals surface area contributed by atoms with Gasteiger partial charge in [-0.25, -0.2) is 4.98 Å². The van der Waals surface area contributed by atoms with Crippen molar-refractivity contribution in [2.75, 3.05) is 6.54 Å². The van der Waals surface area contributed by atoms with Crippen molar-refractivity contribution in [2.45, 2.75) is 64.6 Å². The summed E-state index contributed by atoms with van der Waals surface area (Å²) in [5.41, 5.74) is 5.06. The van der Waals surface area contributed by atoms with Crippen LogP contribution in [0.4, 0.5) is 0 Å². The van der Waals surface area contributed by atoms with E-state index < -0.39 is 0 Å². The summed E-state index contributed by atoms with van der Waals surface area (Å²) in [6.07, 6.45) is 15.5. The van der Waals surface area contributed by atoms with Crippen LogP contribution in [0, 0.1) is 13.8 Å². The summed E-state index contributed by atoms with van der Waals surface area (Å²) in [5.74, 6) is 0. The van der Waals surface area contributed by atoms with E-state index in [-0.39, 0.29) is 0 Å². The van der Waals surface area contributed by atoms with Crippen LogP contribution in [-0.4, -0.2) is 31.0 Å². The Labute approximate surface area is 173 Å². The fourth-order valence-electron chi connectivity index (χ4n) is 4.65. The van der Waals surface area contributed by atoms with E-state index in [2.05, 4.69) is 40.4 Å². The zero-order valence-electron chi connectivity index (χ0n) is 17.5. The van der Waals surface area contributed by atoms with Crippen LogP contribution in [0.3, 0.4) is 0 Å². The van der Waals surface area contributed by atoms with Crippen molar-refractivity contribution in [3.8, 4) is 0 Å². The number of piperidine rings is 1. The molecule has 1 fully saturated rings. The molecule has 3 aromatic heterocycles. The molecule has 5 nitrogen and oxygen atoms in total. The van der Waals surface area contributed by atoms with Crippen molar-refractivity contribution in [1.29, 1.82) is 0 Å². The number of aryl methyl sites for hydroxylation is 3. The smallest absolute Gasteiger partial charge is 0.0945 e. The highest BCUT2D eigenvalue weighted by molar-refractivity contribution is 5.25. The van der Waals surface area contributed by atoms with Crippen molar-refractivity contribution in [3.05, 3.63) is 77.9 Å². The normalized spacial score (nSPS) is 20.1. The van der Waals surface area contributed by atoms with Crippen LogP contribution >= 0.6 is 0 Å². The van der Waals surface area contributed by atoms with Crippen LogP contribution in [0.5, 0.6) is 0 Å². The highest BCUT2D eigenvalue weighted by Gasteiger charge is 2.34. The fraction of sp³-hybridized carbons (Fsp3) is 0.458. The standard InChI is InChI=1S/C24H31N5/c1-19-8-6-12-26-23(19)21-10-5-11-22(24-20(2)9-7-13-27-24)29(21)16-4-3-15-28-17-14-25-18-28/h6-9,12-14,17-18,21-22H,3-5,10-11,15-16H2,1-2H3/t21-,22+. The Balaban J connectivity index is 1.56. The quantitative estimate of drug-likeness (QED) is 0.531. The van der Waals surface area contributed by atoms with Gasteiger partial charge >= 0.3 is 0 Å². The lowest BCUT2D eigenvalue weighted by Gasteiger charge is -2.42. The zero-order valence-corrected chi connectivity index (χ0v) is 17.5. The maximum Gasteiger partial charge on any atom is 0.0945 e. The monoisotopic (exact) mass is 389 g/mol. The maximum atomic E-state index is 4.80. The SMILES string of the molecule is Cc1cccnc1[C@H]1CCC[C@@H](c2ncccc2C)N1CCCCn1ccnc1. The Morgan fingerprint density at radius 1 is 0.862 bits per heavy atom. The first-order chi connectivity index (χ1) is 14.2. The molecule has 0 aliphatic carbocycles. The molecule has 4 heterocycles. The molecule has 0 saturated carbocycles. The van der Waals surface area contributed by atoms with Gasteiger partial charge in [0.2, 0.25) is 0 Å². The summed E-state index contributed by atoms with van der Waals surface area (Å²) in [7, 11) is 0. The average molecular weight is 390 g/mol. The fourth-order valence-corrected chi connectivity index (χ4v) is 4.65. The molecule has 5 heteroatoms. The topological polar surface area (TPSA) is 46.8 Å². The van der Waals surface area contributed by atoms with Crippen LogP contribution in [0.2, 0.25) is 0 Å². The van der Waals surface area contributed by atoms with E-state index in [0.717, 1.165) is 25.9 Å². The Bertz CT molecular complexity index is 852. The molecule has 0 amide bonds. The summed E-state index contributed by atoms with van der Waals surface area (Å²) >= 11 is 0. The molecule has 1 aliphatic rings. The highest BCUT2D eigenvalue weighted by Crippen LogP contribution is 2.42. The van der Waals surface area contributed by atoms with Gasteiger partial charge in [0, 0.05) is 31.3 Å². The number of nitrogens with zero attached hydrogens (tertiary/aromatic N) is 5. The second kappa shape index (κ2) is 9.31. The van der Waals surface area contributed by atoms with Crippen molar-refractivity contribution in [2.24, 2.45) is 0 Å². The lowest BCUT2D eigenvalue weighted by molar-refractivity contribution is 0.0739. The van der Waals surface area contributed by atoms with Gasteiger partial charge in [-0.1, -0.05) is 12.1 Å². The summed E-state index contributed by atoms with van der Waals surface area (Å²) in [6.45, 7) is 6.47. The van der Waals surface area contributed by atoms with E-state index in [4.69, 9.17) is 9.97 Å². The Morgan fingerprint density at radius 3 is 2.03 bits per heavy atom. The minimum Gasteiger partial charge on any atom is -0.337 e. The number of hydrogen-bond donors (Lipinski definition) is 0. The van der Waals surface area contributed by atoms with Gasteiger partial charge in [0.1, 0.15) is 0 Å². The van der Waals surface area contributed by atoms with E-state index in [1.807, 2.05) is 43.2 Å². The first kappa shape index (κ1) is 19.8. The molecular weight excluding hydrogens is 358 g/mol. The molecule has 2 atom stereocenters. The third kappa shape index (κ3) is 4.56. The molecule has 1 saturated heterocycles. The number of rotatable bonds is 7. The molecule has 3 aromatic rings. The number of unbranched alkanes of at least 4 members (excludes halogenated alkanes) is 1. The van der Waals surface area contributed by atoms with E-state index in [1.165, 1.54) is 41.8 Å². The first-order valence-electron chi connectivity index (χ1n) is 10.8. The van der Waals surface area contributed by atoms with Crippen LogP contribution in [-0.2, 0) is 6.54 Å². The number of aromatic nitrogens is 4. The van der Waals surface area contributed by atoms with Crippen molar-refractivity contribution in [3.63, 3.8) is 0 Å². The van der Waals surface area contributed by atoms with Crippen LogP contribution in [0.25, 0.3) is 0 Å². The van der Waals surface area contributed by atoms with Gasteiger partial charge in [0.05, 0.1) is 29.8 Å². The predicted molar refractivity (Wildman–Crippen MR) is 115 cm³/mol. The molecule has 0 N–H and O–H groups in total. The van der Waals surface area contributed by atoms with Crippen LogP contribution in [0.15, 0.2) is 55.4 Å². The van der Waals surface area contributed by atoms with E-state index in [1.54, 1.807) is 0 Å². The second-order valence-corrected chi connectivity index (χ2v) is 8.12.